The number of ether oxygens (including phenoxy) is 1. The second-order valence-electron chi connectivity index (χ2n) is 4.53. The third-order valence-corrected chi connectivity index (χ3v) is 3.28. The molecule has 2 N–H and O–H groups in total. The highest BCUT2D eigenvalue weighted by atomic mass is 35.5. The summed E-state index contributed by atoms with van der Waals surface area (Å²) in [5.41, 5.74) is 0.0214. The molecule has 0 spiro atoms. The first-order valence-electron chi connectivity index (χ1n) is 6.61. The van der Waals surface area contributed by atoms with Gasteiger partial charge in [-0.3, -0.25) is 19.7 Å². The lowest BCUT2D eigenvalue weighted by Crippen LogP contribution is -2.29. The maximum Gasteiger partial charge on any atom is 0.314 e. The summed E-state index contributed by atoms with van der Waals surface area (Å²) in [6.45, 7) is 0. The molecule has 8 nitrogen and oxygen atoms in total. The Morgan fingerprint density at radius 2 is 1.79 bits per heavy atom. The molecule has 0 saturated carbocycles. The fourth-order valence-corrected chi connectivity index (χ4v) is 2.03. The number of nitrogens with zero attached hydrogens (tertiary/aromatic N) is 1. The van der Waals surface area contributed by atoms with Crippen molar-refractivity contribution in [1.82, 2.24) is 0 Å². The Morgan fingerprint density at radius 3 is 2.46 bits per heavy atom. The molecule has 0 aromatic heterocycles. The number of para-hydroxylation sites is 2. The van der Waals surface area contributed by atoms with Gasteiger partial charge in [-0.2, -0.15) is 0 Å². The van der Waals surface area contributed by atoms with Gasteiger partial charge in [0.05, 0.1) is 17.7 Å². The van der Waals surface area contributed by atoms with E-state index < -0.39 is 16.7 Å². The lowest BCUT2D eigenvalue weighted by molar-refractivity contribution is -0.384. The minimum Gasteiger partial charge on any atom is -0.495 e. The number of rotatable bonds is 4. The molecule has 2 rings (SSSR count). The topological polar surface area (TPSA) is 111 Å². The van der Waals surface area contributed by atoms with Gasteiger partial charge >= 0.3 is 11.8 Å². The Kier molecular flexibility index (Phi) is 5.33. The molecule has 0 aliphatic carbocycles. The van der Waals surface area contributed by atoms with Crippen molar-refractivity contribution in [2.24, 2.45) is 0 Å². The van der Waals surface area contributed by atoms with E-state index in [1.165, 1.54) is 19.2 Å². The van der Waals surface area contributed by atoms with Gasteiger partial charge in [0.2, 0.25) is 0 Å². The number of benzene rings is 2. The average molecular weight is 350 g/mol. The van der Waals surface area contributed by atoms with Crippen LogP contribution in [0.2, 0.25) is 5.02 Å². The van der Waals surface area contributed by atoms with Gasteiger partial charge in [0.15, 0.2) is 0 Å². The molecule has 0 radical (unpaired) electrons. The SMILES string of the molecule is COc1ccccc1NC(=O)C(=O)Nc1ccc(Cl)c([N+](=O)[O-])c1. The largest absolute Gasteiger partial charge is 0.495 e. The molecule has 24 heavy (non-hydrogen) atoms. The summed E-state index contributed by atoms with van der Waals surface area (Å²) in [4.78, 5) is 34.0. The van der Waals surface area contributed by atoms with E-state index in [4.69, 9.17) is 16.3 Å². The Morgan fingerprint density at radius 1 is 1.12 bits per heavy atom. The van der Waals surface area contributed by atoms with Crippen molar-refractivity contribution in [1.29, 1.82) is 0 Å². The van der Waals surface area contributed by atoms with Crippen molar-refractivity contribution in [3.05, 3.63) is 57.6 Å². The number of nitrogens with one attached hydrogen (secondary N) is 2. The Hall–Kier alpha value is -3.13. The van der Waals surface area contributed by atoms with Gasteiger partial charge in [0, 0.05) is 11.8 Å². The molecular formula is C15H12ClN3O5. The fourth-order valence-electron chi connectivity index (χ4n) is 1.85. The number of halogens is 1. The van der Waals surface area contributed by atoms with E-state index in [0.29, 0.717) is 11.4 Å². The third-order valence-electron chi connectivity index (χ3n) is 2.96. The van der Waals surface area contributed by atoms with E-state index in [1.54, 1.807) is 24.3 Å². The summed E-state index contributed by atoms with van der Waals surface area (Å²) in [5, 5.41) is 15.4. The summed E-state index contributed by atoms with van der Waals surface area (Å²) in [5.74, 6) is -1.55. The van der Waals surface area contributed by atoms with Gasteiger partial charge in [-0.25, -0.2) is 0 Å². The van der Waals surface area contributed by atoms with Crippen molar-refractivity contribution >= 4 is 40.5 Å². The zero-order valence-electron chi connectivity index (χ0n) is 12.4. The number of amides is 2. The fraction of sp³-hybridized carbons (Fsp3) is 0.0667. The quantitative estimate of drug-likeness (QED) is 0.501. The molecule has 0 bridgehead atoms. The molecule has 0 saturated heterocycles. The normalized spacial score (nSPS) is 9.92. The first-order chi connectivity index (χ1) is 11.4. The van der Waals surface area contributed by atoms with E-state index >= 15 is 0 Å². The van der Waals surface area contributed by atoms with Crippen LogP contribution in [0.25, 0.3) is 0 Å². The number of hydrogen-bond donors (Lipinski definition) is 2. The predicted molar refractivity (Wildman–Crippen MR) is 88.4 cm³/mol. The van der Waals surface area contributed by atoms with Crippen LogP contribution in [0.5, 0.6) is 5.75 Å². The van der Waals surface area contributed by atoms with Crippen molar-refractivity contribution < 1.29 is 19.2 Å². The van der Waals surface area contributed by atoms with Gasteiger partial charge in [0.25, 0.3) is 5.69 Å². The zero-order chi connectivity index (χ0) is 17.7. The number of methoxy groups -OCH3 is 1. The average Bonchev–Trinajstić information content (AvgIpc) is 2.56. The summed E-state index contributed by atoms with van der Waals surface area (Å²) in [6, 6.07) is 10.2. The Labute approximate surface area is 141 Å². The van der Waals surface area contributed by atoms with Crippen molar-refractivity contribution in [3.8, 4) is 5.75 Å². The first-order valence-corrected chi connectivity index (χ1v) is 6.99. The van der Waals surface area contributed by atoms with Crippen LogP contribution in [-0.4, -0.2) is 23.8 Å². The van der Waals surface area contributed by atoms with Crippen molar-refractivity contribution in [2.75, 3.05) is 17.7 Å². The molecule has 2 aromatic rings. The molecule has 0 atom stereocenters. The summed E-state index contributed by atoms with van der Waals surface area (Å²) in [6.07, 6.45) is 0. The molecule has 0 heterocycles. The van der Waals surface area contributed by atoms with Gasteiger partial charge in [0.1, 0.15) is 10.8 Å². The van der Waals surface area contributed by atoms with E-state index in [1.807, 2.05) is 0 Å². The number of hydrogen-bond acceptors (Lipinski definition) is 5. The van der Waals surface area contributed by atoms with Crippen LogP contribution < -0.4 is 15.4 Å². The van der Waals surface area contributed by atoms with Crippen LogP contribution >= 0.6 is 11.6 Å². The van der Waals surface area contributed by atoms with Crippen molar-refractivity contribution in [3.63, 3.8) is 0 Å². The number of carbonyl (C=O) groups is 2. The van der Waals surface area contributed by atoms with Gasteiger partial charge < -0.3 is 15.4 Å². The number of carbonyl (C=O) groups excluding carboxylic acids is 2. The number of anilines is 2. The van der Waals surface area contributed by atoms with Crippen LogP contribution in [0, 0.1) is 10.1 Å². The molecule has 2 aromatic carbocycles. The zero-order valence-corrected chi connectivity index (χ0v) is 13.2. The number of nitro benzene ring substituents is 1. The maximum atomic E-state index is 11.9. The van der Waals surface area contributed by atoms with Crippen LogP contribution in [0.3, 0.4) is 0 Å². The molecule has 0 aliphatic heterocycles. The van der Waals surface area contributed by atoms with Crippen LogP contribution in [0.15, 0.2) is 42.5 Å². The molecule has 124 valence electrons. The van der Waals surface area contributed by atoms with Crippen LogP contribution in [0.1, 0.15) is 0 Å². The molecular weight excluding hydrogens is 338 g/mol. The van der Waals surface area contributed by atoms with E-state index in [-0.39, 0.29) is 16.4 Å². The Balaban J connectivity index is 2.11. The maximum absolute atomic E-state index is 11.9. The highest BCUT2D eigenvalue weighted by Crippen LogP contribution is 2.27. The summed E-state index contributed by atoms with van der Waals surface area (Å²) >= 11 is 5.68. The van der Waals surface area contributed by atoms with Gasteiger partial charge in [-0.1, -0.05) is 23.7 Å². The van der Waals surface area contributed by atoms with Crippen LogP contribution in [0.4, 0.5) is 17.1 Å². The minimum atomic E-state index is -0.988. The standard InChI is InChI=1S/C15H12ClN3O5/c1-24-13-5-3-2-4-11(13)18-15(21)14(20)17-9-6-7-10(16)12(8-9)19(22)23/h2-8H,1H3,(H,17,20)(H,18,21). The smallest absolute Gasteiger partial charge is 0.314 e. The highest BCUT2D eigenvalue weighted by molar-refractivity contribution is 6.43. The monoisotopic (exact) mass is 349 g/mol. The molecule has 0 unspecified atom stereocenters. The van der Waals surface area contributed by atoms with E-state index in [9.17, 15) is 19.7 Å². The second-order valence-corrected chi connectivity index (χ2v) is 4.94. The summed E-state index contributed by atoms with van der Waals surface area (Å²) < 4.78 is 5.06. The van der Waals surface area contributed by atoms with E-state index in [2.05, 4.69) is 10.6 Å². The lowest BCUT2D eigenvalue weighted by Gasteiger charge is -2.10. The van der Waals surface area contributed by atoms with E-state index in [0.717, 1.165) is 6.07 Å². The van der Waals surface area contributed by atoms with Crippen molar-refractivity contribution in [2.45, 2.75) is 0 Å². The highest BCUT2D eigenvalue weighted by Gasteiger charge is 2.18. The molecule has 0 fully saturated rings. The number of nitro groups is 1. The van der Waals surface area contributed by atoms with Gasteiger partial charge in [-0.05, 0) is 24.3 Å². The summed E-state index contributed by atoms with van der Waals surface area (Å²) in [7, 11) is 1.43. The first kappa shape index (κ1) is 17.2. The lowest BCUT2D eigenvalue weighted by atomic mass is 10.2. The third kappa shape index (κ3) is 3.99. The predicted octanol–water partition coefficient (Wildman–Crippen LogP) is 2.83. The Bertz CT molecular complexity index is 809. The molecule has 0 aliphatic rings. The van der Waals surface area contributed by atoms with Crippen LogP contribution in [-0.2, 0) is 9.59 Å². The second kappa shape index (κ2) is 7.42. The molecule has 9 heteroatoms. The molecule has 2 amide bonds. The minimum absolute atomic E-state index is 0.0727. The van der Waals surface area contributed by atoms with Gasteiger partial charge in [-0.15, -0.1) is 0 Å².